The molecule has 0 aliphatic carbocycles. The Balaban J connectivity index is 2.77. The minimum Gasteiger partial charge on any atom is -0.324 e. The van der Waals surface area contributed by atoms with Gasteiger partial charge in [-0.05, 0) is 47.0 Å². The zero-order chi connectivity index (χ0) is 11.4. The molecule has 1 amide bonds. The number of carbonyl (C=O) groups excluding carboxylic acids is 1. The van der Waals surface area contributed by atoms with Gasteiger partial charge in [0.1, 0.15) is 0 Å². The molecule has 0 heterocycles. The molecular formula is C11H15BrN2O. The fourth-order valence-corrected chi connectivity index (χ4v) is 1.72. The molecule has 1 aromatic rings. The zero-order valence-corrected chi connectivity index (χ0v) is 10.5. The molecule has 0 spiro atoms. The van der Waals surface area contributed by atoms with Gasteiger partial charge < -0.3 is 11.1 Å². The van der Waals surface area contributed by atoms with Gasteiger partial charge in [0.15, 0.2) is 0 Å². The average Bonchev–Trinajstić information content (AvgIpc) is 2.20. The Labute approximate surface area is 98.2 Å². The van der Waals surface area contributed by atoms with E-state index in [2.05, 4.69) is 21.2 Å². The second-order valence-electron chi connectivity index (χ2n) is 3.49. The summed E-state index contributed by atoms with van der Waals surface area (Å²) in [5.74, 6) is -0.151. The van der Waals surface area contributed by atoms with E-state index in [4.69, 9.17) is 5.73 Å². The van der Waals surface area contributed by atoms with Gasteiger partial charge in [0.05, 0.1) is 11.7 Å². The third-order valence-electron chi connectivity index (χ3n) is 2.16. The van der Waals surface area contributed by atoms with Gasteiger partial charge in [-0.3, -0.25) is 4.79 Å². The second kappa shape index (κ2) is 5.28. The zero-order valence-electron chi connectivity index (χ0n) is 8.88. The summed E-state index contributed by atoms with van der Waals surface area (Å²) in [6.07, 6.45) is 0.634. The van der Waals surface area contributed by atoms with E-state index in [1.807, 2.05) is 32.0 Å². The number of halogens is 1. The average molecular weight is 271 g/mol. The molecule has 0 aliphatic rings. The van der Waals surface area contributed by atoms with Crippen molar-refractivity contribution in [3.05, 3.63) is 28.2 Å². The number of hydrogen-bond donors (Lipinski definition) is 2. The van der Waals surface area contributed by atoms with Gasteiger partial charge >= 0.3 is 0 Å². The molecule has 0 saturated carbocycles. The number of benzene rings is 1. The Bertz CT molecular complexity index is 366. The normalized spacial score (nSPS) is 12.3. The summed E-state index contributed by atoms with van der Waals surface area (Å²) in [5, 5.41) is 2.78. The Morgan fingerprint density at radius 2 is 2.27 bits per heavy atom. The van der Waals surface area contributed by atoms with Crippen LogP contribution in [0.1, 0.15) is 18.9 Å². The SMILES string of the molecule is CC[C@@H](N)C(=O)Nc1ccc(C)cc1Br. The summed E-state index contributed by atoms with van der Waals surface area (Å²) >= 11 is 3.39. The Kier molecular flexibility index (Phi) is 4.29. The predicted molar refractivity (Wildman–Crippen MR) is 65.8 cm³/mol. The maximum Gasteiger partial charge on any atom is 0.241 e. The molecule has 1 aromatic carbocycles. The molecule has 0 fully saturated rings. The fraction of sp³-hybridized carbons (Fsp3) is 0.364. The number of nitrogens with one attached hydrogen (secondary N) is 1. The van der Waals surface area contributed by atoms with Crippen molar-refractivity contribution < 1.29 is 4.79 Å². The van der Waals surface area contributed by atoms with Gasteiger partial charge in [0.2, 0.25) is 5.91 Å². The van der Waals surface area contributed by atoms with Crippen LogP contribution in [0, 0.1) is 6.92 Å². The van der Waals surface area contributed by atoms with Crippen LogP contribution in [0.3, 0.4) is 0 Å². The molecule has 15 heavy (non-hydrogen) atoms. The van der Waals surface area contributed by atoms with E-state index < -0.39 is 6.04 Å². The van der Waals surface area contributed by atoms with E-state index in [0.717, 1.165) is 15.7 Å². The molecule has 0 unspecified atom stereocenters. The maximum atomic E-state index is 11.5. The van der Waals surface area contributed by atoms with Crippen molar-refractivity contribution in [3.63, 3.8) is 0 Å². The van der Waals surface area contributed by atoms with Crippen LogP contribution >= 0.6 is 15.9 Å². The summed E-state index contributed by atoms with van der Waals surface area (Å²) in [6.45, 7) is 3.88. The topological polar surface area (TPSA) is 55.1 Å². The van der Waals surface area contributed by atoms with Gasteiger partial charge in [-0.15, -0.1) is 0 Å². The van der Waals surface area contributed by atoms with Crippen molar-refractivity contribution in [1.29, 1.82) is 0 Å². The number of amides is 1. The van der Waals surface area contributed by atoms with Crippen molar-refractivity contribution in [2.24, 2.45) is 5.73 Å². The van der Waals surface area contributed by atoms with Crippen molar-refractivity contribution in [3.8, 4) is 0 Å². The van der Waals surface area contributed by atoms with Crippen LogP contribution in [-0.4, -0.2) is 11.9 Å². The van der Waals surface area contributed by atoms with Gasteiger partial charge in [-0.1, -0.05) is 13.0 Å². The maximum absolute atomic E-state index is 11.5. The van der Waals surface area contributed by atoms with E-state index in [-0.39, 0.29) is 5.91 Å². The molecule has 82 valence electrons. The van der Waals surface area contributed by atoms with Crippen molar-refractivity contribution in [2.75, 3.05) is 5.32 Å². The minimum atomic E-state index is -0.446. The quantitative estimate of drug-likeness (QED) is 0.887. The van der Waals surface area contributed by atoms with Gasteiger partial charge in [0, 0.05) is 4.47 Å². The van der Waals surface area contributed by atoms with E-state index in [0.29, 0.717) is 6.42 Å². The highest BCUT2D eigenvalue weighted by Crippen LogP contribution is 2.23. The summed E-state index contributed by atoms with van der Waals surface area (Å²) in [4.78, 5) is 11.5. The highest BCUT2D eigenvalue weighted by Gasteiger charge is 2.12. The van der Waals surface area contributed by atoms with E-state index in [1.165, 1.54) is 0 Å². The molecule has 3 N–H and O–H groups in total. The van der Waals surface area contributed by atoms with Crippen molar-refractivity contribution in [2.45, 2.75) is 26.3 Å². The fourth-order valence-electron chi connectivity index (χ4n) is 1.13. The van der Waals surface area contributed by atoms with Crippen LogP contribution in [0.2, 0.25) is 0 Å². The lowest BCUT2D eigenvalue weighted by Gasteiger charge is -2.11. The molecule has 1 rings (SSSR count). The number of aryl methyl sites for hydroxylation is 1. The third kappa shape index (κ3) is 3.32. The molecule has 0 radical (unpaired) electrons. The predicted octanol–water partition coefficient (Wildman–Crippen LogP) is 2.43. The highest BCUT2D eigenvalue weighted by atomic mass is 79.9. The Hall–Kier alpha value is -0.870. The highest BCUT2D eigenvalue weighted by molar-refractivity contribution is 9.10. The molecule has 3 nitrogen and oxygen atoms in total. The monoisotopic (exact) mass is 270 g/mol. The second-order valence-corrected chi connectivity index (χ2v) is 4.34. The smallest absolute Gasteiger partial charge is 0.241 e. The number of anilines is 1. The number of nitrogens with two attached hydrogens (primary N) is 1. The number of hydrogen-bond acceptors (Lipinski definition) is 2. The van der Waals surface area contributed by atoms with Crippen LogP contribution in [0.4, 0.5) is 5.69 Å². The lowest BCUT2D eigenvalue weighted by atomic mass is 10.2. The van der Waals surface area contributed by atoms with Crippen LogP contribution in [0.5, 0.6) is 0 Å². The number of carbonyl (C=O) groups is 1. The molecule has 4 heteroatoms. The first kappa shape index (κ1) is 12.2. The summed E-state index contributed by atoms with van der Waals surface area (Å²) < 4.78 is 0.874. The van der Waals surface area contributed by atoms with Crippen molar-refractivity contribution in [1.82, 2.24) is 0 Å². The van der Waals surface area contributed by atoms with Crippen LogP contribution in [-0.2, 0) is 4.79 Å². The van der Waals surface area contributed by atoms with Crippen molar-refractivity contribution >= 4 is 27.5 Å². The largest absolute Gasteiger partial charge is 0.324 e. The first-order valence-corrected chi connectivity index (χ1v) is 5.66. The summed E-state index contributed by atoms with van der Waals surface area (Å²) in [6, 6.07) is 5.31. The Morgan fingerprint density at radius 1 is 1.60 bits per heavy atom. The molecule has 0 saturated heterocycles. The van der Waals surface area contributed by atoms with Crippen LogP contribution < -0.4 is 11.1 Å². The first-order chi connectivity index (χ1) is 7.04. The standard InChI is InChI=1S/C11H15BrN2O/c1-3-9(13)11(15)14-10-5-4-7(2)6-8(10)12/h4-6,9H,3,13H2,1-2H3,(H,14,15)/t9-/m1/s1. The Morgan fingerprint density at radius 3 is 2.80 bits per heavy atom. The number of rotatable bonds is 3. The van der Waals surface area contributed by atoms with Gasteiger partial charge in [-0.2, -0.15) is 0 Å². The first-order valence-electron chi connectivity index (χ1n) is 4.87. The summed E-state index contributed by atoms with van der Waals surface area (Å²) in [5.41, 5.74) is 7.51. The molecular weight excluding hydrogens is 256 g/mol. The molecule has 0 aromatic heterocycles. The molecule has 1 atom stereocenters. The molecule has 0 aliphatic heterocycles. The lowest BCUT2D eigenvalue weighted by Crippen LogP contribution is -2.34. The van der Waals surface area contributed by atoms with Gasteiger partial charge in [-0.25, -0.2) is 0 Å². The van der Waals surface area contributed by atoms with E-state index >= 15 is 0 Å². The van der Waals surface area contributed by atoms with E-state index in [9.17, 15) is 4.79 Å². The van der Waals surface area contributed by atoms with E-state index in [1.54, 1.807) is 0 Å². The minimum absolute atomic E-state index is 0.151. The third-order valence-corrected chi connectivity index (χ3v) is 2.82. The molecule has 0 bridgehead atoms. The summed E-state index contributed by atoms with van der Waals surface area (Å²) in [7, 11) is 0. The van der Waals surface area contributed by atoms with Crippen LogP contribution in [0.25, 0.3) is 0 Å². The lowest BCUT2D eigenvalue weighted by molar-refractivity contribution is -0.117. The van der Waals surface area contributed by atoms with Crippen LogP contribution in [0.15, 0.2) is 22.7 Å². The van der Waals surface area contributed by atoms with Gasteiger partial charge in [0.25, 0.3) is 0 Å².